The molecule has 1 aliphatic heterocycles. The lowest BCUT2D eigenvalue weighted by Crippen LogP contribution is -2.46. The quantitative estimate of drug-likeness (QED) is 0.821. The second-order valence-electron chi connectivity index (χ2n) is 6.13. The highest BCUT2D eigenvalue weighted by Gasteiger charge is 2.24. The molecule has 0 spiro atoms. The van der Waals surface area contributed by atoms with E-state index < -0.39 is 0 Å². The monoisotopic (exact) mass is 375 g/mol. The van der Waals surface area contributed by atoms with Crippen LogP contribution in [0.15, 0.2) is 35.2 Å². The maximum absolute atomic E-state index is 4.49. The van der Waals surface area contributed by atoms with Crippen LogP contribution in [0.5, 0.6) is 0 Å². The fourth-order valence-electron chi connectivity index (χ4n) is 3.04. The van der Waals surface area contributed by atoms with Crippen molar-refractivity contribution in [1.29, 1.82) is 0 Å². The van der Waals surface area contributed by atoms with Gasteiger partial charge in [-0.2, -0.15) is 0 Å². The van der Waals surface area contributed by atoms with Crippen LogP contribution in [0.3, 0.4) is 0 Å². The molecule has 5 nitrogen and oxygen atoms in total. The summed E-state index contributed by atoms with van der Waals surface area (Å²) >= 11 is 3.44. The molecule has 2 aromatic rings. The van der Waals surface area contributed by atoms with Crippen molar-refractivity contribution in [1.82, 2.24) is 19.9 Å². The van der Waals surface area contributed by atoms with E-state index >= 15 is 0 Å². The number of likely N-dealkylation sites (tertiary alicyclic amines) is 1. The highest BCUT2D eigenvalue weighted by molar-refractivity contribution is 9.10. The number of piperidine rings is 1. The third kappa shape index (κ3) is 4.26. The van der Waals surface area contributed by atoms with Gasteiger partial charge in [0.1, 0.15) is 12.1 Å². The Morgan fingerprint density at radius 3 is 2.91 bits per heavy atom. The van der Waals surface area contributed by atoms with Gasteiger partial charge in [0.05, 0.1) is 5.69 Å². The number of pyridine rings is 1. The highest BCUT2D eigenvalue weighted by Crippen LogP contribution is 2.21. The Labute approximate surface area is 145 Å². The van der Waals surface area contributed by atoms with Gasteiger partial charge in [0.25, 0.3) is 0 Å². The Morgan fingerprint density at radius 1 is 1.30 bits per heavy atom. The van der Waals surface area contributed by atoms with Crippen LogP contribution in [-0.4, -0.2) is 46.0 Å². The lowest BCUT2D eigenvalue weighted by Gasteiger charge is -2.38. The van der Waals surface area contributed by atoms with Crippen molar-refractivity contribution in [2.75, 3.05) is 25.0 Å². The summed E-state index contributed by atoms with van der Waals surface area (Å²) in [7, 11) is 2.13. The van der Waals surface area contributed by atoms with Gasteiger partial charge < -0.3 is 4.90 Å². The van der Waals surface area contributed by atoms with E-state index in [1.807, 2.05) is 13.1 Å². The number of nitrogens with zero attached hydrogens (tertiary/aromatic N) is 5. The fraction of sp³-hybridized carbons (Fsp3) is 0.471. The number of halogens is 1. The molecule has 122 valence electrons. The third-order valence-corrected chi connectivity index (χ3v) is 4.82. The number of rotatable bonds is 4. The molecule has 1 fully saturated rings. The van der Waals surface area contributed by atoms with Crippen LogP contribution in [0.25, 0.3) is 0 Å². The molecule has 0 saturated carbocycles. The first-order chi connectivity index (χ1) is 11.1. The Kier molecular flexibility index (Phi) is 5.23. The van der Waals surface area contributed by atoms with E-state index in [0.29, 0.717) is 6.04 Å². The minimum Gasteiger partial charge on any atom is -0.355 e. The van der Waals surface area contributed by atoms with Crippen molar-refractivity contribution in [3.05, 3.63) is 46.6 Å². The zero-order chi connectivity index (χ0) is 16.2. The molecule has 0 N–H and O–H groups in total. The largest absolute Gasteiger partial charge is 0.355 e. The van der Waals surface area contributed by atoms with E-state index in [1.165, 1.54) is 12.8 Å². The maximum atomic E-state index is 4.49. The van der Waals surface area contributed by atoms with Gasteiger partial charge in [0, 0.05) is 48.6 Å². The summed E-state index contributed by atoms with van der Waals surface area (Å²) < 4.78 is 1.02. The van der Waals surface area contributed by atoms with E-state index in [-0.39, 0.29) is 0 Å². The molecular formula is C17H22BrN5. The topological polar surface area (TPSA) is 45.2 Å². The van der Waals surface area contributed by atoms with E-state index in [0.717, 1.165) is 41.3 Å². The first kappa shape index (κ1) is 16.3. The van der Waals surface area contributed by atoms with Crippen LogP contribution in [0.4, 0.5) is 5.82 Å². The first-order valence-electron chi connectivity index (χ1n) is 7.96. The van der Waals surface area contributed by atoms with Crippen LogP contribution in [-0.2, 0) is 6.54 Å². The third-order valence-electron chi connectivity index (χ3n) is 4.35. The summed E-state index contributed by atoms with van der Waals surface area (Å²) in [5.41, 5.74) is 2.13. The van der Waals surface area contributed by atoms with Gasteiger partial charge in [-0.25, -0.2) is 9.97 Å². The molecule has 23 heavy (non-hydrogen) atoms. The molecule has 1 unspecified atom stereocenters. The number of anilines is 1. The normalized spacial score (nSPS) is 18.8. The molecule has 0 bridgehead atoms. The summed E-state index contributed by atoms with van der Waals surface area (Å²) in [6, 6.07) is 6.67. The van der Waals surface area contributed by atoms with Crippen molar-refractivity contribution in [3.63, 3.8) is 0 Å². The molecular weight excluding hydrogens is 354 g/mol. The summed E-state index contributed by atoms with van der Waals surface area (Å²) in [6.07, 6.45) is 5.92. The van der Waals surface area contributed by atoms with Gasteiger partial charge in [-0.05, 0) is 54.4 Å². The number of aryl methyl sites for hydroxylation is 1. The zero-order valence-corrected chi connectivity index (χ0v) is 15.2. The second kappa shape index (κ2) is 7.36. The molecule has 1 saturated heterocycles. The molecule has 2 aromatic heterocycles. The summed E-state index contributed by atoms with van der Waals surface area (Å²) in [4.78, 5) is 17.9. The maximum Gasteiger partial charge on any atom is 0.132 e. The van der Waals surface area contributed by atoms with E-state index in [4.69, 9.17) is 0 Å². The predicted molar refractivity (Wildman–Crippen MR) is 95.4 cm³/mol. The molecule has 6 heteroatoms. The second-order valence-corrected chi connectivity index (χ2v) is 7.04. The Bertz CT molecular complexity index is 646. The molecule has 0 aromatic carbocycles. The molecule has 3 rings (SSSR count). The van der Waals surface area contributed by atoms with Crippen LogP contribution < -0.4 is 4.90 Å². The van der Waals surface area contributed by atoms with E-state index in [9.17, 15) is 0 Å². The molecule has 3 heterocycles. The Hall–Kier alpha value is -1.53. The molecule has 1 aliphatic rings. The van der Waals surface area contributed by atoms with Gasteiger partial charge in [-0.3, -0.25) is 9.88 Å². The predicted octanol–water partition coefficient (Wildman–Crippen LogP) is 3.04. The van der Waals surface area contributed by atoms with Gasteiger partial charge in [-0.1, -0.05) is 0 Å². The van der Waals surface area contributed by atoms with Crippen molar-refractivity contribution in [3.8, 4) is 0 Å². The van der Waals surface area contributed by atoms with E-state index in [2.05, 4.69) is 65.9 Å². The average molecular weight is 376 g/mol. The summed E-state index contributed by atoms with van der Waals surface area (Å²) in [5, 5.41) is 0. The Morgan fingerprint density at radius 2 is 2.17 bits per heavy atom. The van der Waals surface area contributed by atoms with Crippen LogP contribution in [0.2, 0.25) is 0 Å². The smallest absolute Gasteiger partial charge is 0.132 e. The number of hydrogen-bond acceptors (Lipinski definition) is 5. The molecule has 0 radical (unpaired) electrons. The van der Waals surface area contributed by atoms with Crippen molar-refractivity contribution in [2.45, 2.75) is 32.4 Å². The van der Waals surface area contributed by atoms with Gasteiger partial charge in [0.15, 0.2) is 0 Å². The van der Waals surface area contributed by atoms with Gasteiger partial charge in [0.2, 0.25) is 0 Å². The van der Waals surface area contributed by atoms with Gasteiger partial charge in [-0.15, -0.1) is 0 Å². The fourth-order valence-corrected chi connectivity index (χ4v) is 3.27. The molecule has 0 amide bonds. The van der Waals surface area contributed by atoms with Crippen LogP contribution in [0, 0.1) is 6.92 Å². The lowest BCUT2D eigenvalue weighted by atomic mass is 10.0. The summed E-state index contributed by atoms with van der Waals surface area (Å²) in [6.45, 7) is 5.08. The minimum atomic E-state index is 0.480. The Balaban J connectivity index is 1.64. The van der Waals surface area contributed by atoms with Crippen molar-refractivity contribution < 1.29 is 0 Å². The molecule has 1 atom stereocenters. The van der Waals surface area contributed by atoms with Crippen molar-refractivity contribution in [2.24, 2.45) is 0 Å². The average Bonchev–Trinajstić information content (AvgIpc) is 2.56. The van der Waals surface area contributed by atoms with Crippen molar-refractivity contribution >= 4 is 21.7 Å². The summed E-state index contributed by atoms with van der Waals surface area (Å²) in [5.74, 6) is 1.01. The number of hydrogen-bond donors (Lipinski definition) is 0. The molecule has 0 aliphatic carbocycles. The minimum absolute atomic E-state index is 0.480. The van der Waals surface area contributed by atoms with Crippen LogP contribution in [0.1, 0.15) is 24.2 Å². The number of aromatic nitrogens is 3. The van der Waals surface area contributed by atoms with E-state index in [1.54, 1.807) is 6.33 Å². The number of likely N-dealkylation sites (N-methyl/N-ethyl adjacent to an activating group) is 1. The first-order valence-corrected chi connectivity index (χ1v) is 8.75. The van der Waals surface area contributed by atoms with Gasteiger partial charge >= 0.3 is 0 Å². The zero-order valence-electron chi connectivity index (χ0n) is 13.6. The highest BCUT2D eigenvalue weighted by atomic mass is 79.9. The SMILES string of the molecule is Cc1cc(N(C)C2CCCN(Cc3ccc(Br)cn3)C2)ncn1. The van der Waals surface area contributed by atoms with Crippen LogP contribution >= 0.6 is 15.9 Å². The standard InChI is InChI=1S/C17H22BrN5/c1-13-8-17(21-12-20-13)22(2)16-4-3-7-23(11-16)10-15-6-5-14(18)9-19-15/h5-6,8-9,12,16H,3-4,7,10-11H2,1-2H3. The lowest BCUT2D eigenvalue weighted by molar-refractivity contribution is 0.196.